The van der Waals surface area contributed by atoms with Crippen molar-refractivity contribution in [1.29, 1.82) is 0 Å². The van der Waals surface area contributed by atoms with Gasteiger partial charge in [-0.3, -0.25) is 4.79 Å². The highest BCUT2D eigenvalue weighted by Gasteiger charge is 2.09. The van der Waals surface area contributed by atoms with Crippen LogP contribution in [0.25, 0.3) is 0 Å². The van der Waals surface area contributed by atoms with E-state index in [0.29, 0.717) is 22.0 Å². The zero-order valence-electron chi connectivity index (χ0n) is 11.6. The SMILES string of the molecule is CNC(=O)c1ccc(NC(=O)Nc2cccc(Cl)c2Cl)cc1. The van der Waals surface area contributed by atoms with E-state index in [9.17, 15) is 9.59 Å². The summed E-state index contributed by atoms with van der Waals surface area (Å²) in [6.07, 6.45) is 0. The van der Waals surface area contributed by atoms with Crippen molar-refractivity contribution in [2.75, 3.05) is 17.7 Å². The van der Waals surface area contributed by atoms with Crippen LogP contribution in [0.2, 0.25) is 10.0 Å². The third-order valence-corrected chi connectivity index (χ3v) is 3.65. The van der Waals surface area contributed by atoms with Crippen LogP contribution < -0.4 is 16.0 Å². The fraction of sp³-hybridized carbons (Fsp3) is 0.0667. The molecule has 0 radical (unpaired) electrons. The minimum absolute atomic E-state index is 0.193. The van der Waals surface area contributed by atoms with Gasteiger partial charge in [0.2, 0.25) is 0 Å². The van der Waals surface area contributed by atoms with Crippen molar-refractivity contribution >= 4 is 46.5 Å². The highest BCUT2D eigenvalue weighted by Crippen LogP contribution is 2.29. The first kappa shape index (κ1) is 16.1. The lowest BCUT2D eigenvalue weighted by Crippen LogP contribution is -2.20. The van der Waals surface area contributed by atoms with E-state index in [2.05, 4.69) is 16.0 Å². The summed E-state index contributed by atoms with van der Waals surface area (Å²) in [6, 6.07) is 11.0. The quantitative estimate of drug-likeness (QED) is 0.792. The predicted octanol–water partition coefficient (Wildman–Crippen LogP) is 4.00. The molecule has 0 aromatic heterocycles. The molecule has 3 N–H and O–H groups in total. The maximum Gasteiger partial charge on any atom is 0.323 e. The van der Waals surface area contributed by atoms with Crippen molar-refractivity contribution in [3.05, 3.63) is 58.1 Å². The van der Waals surface area contributed by atoms with Gasteiger partial charge in [-0.25, -0.2) is 4.79 Å². The molecular formula is C15H13Cl2N3O2. The molecule has 0 aliphatic rings. The Morgan fingerprint density at radius 3 is 2.27 bits per heavy atom. The van der Waals surface area contributed by atoms with Gasteiger partial charge in [0.15, 0.2) is 0 Å². The topological polar surface area (TPSA) is 70.2 Å². The first-order valence-electron chi connectivity index (χ1n) is 6.35. The summed E-state index contributed by atoms with van der Waals surface area (Å²) in [5, 5.41) is 8.39. The van der Waals surface area contributed by atoms with Crippen LogP contribution in [0, 0.1) is 0 Å². The molecule has 114 valence electrons. The maximum atomic E-state index is 11.9. The number of halogens is 2. The largest absolute Gasteiger partial charge is 0.355 e. The third-order valence-electron chi connectivity index (χ3n) is 2.83. The molecule has 0 spiro atoms. The molecule has 0 saturated carbocycles. The molecule has 2 aromatic carbocycles. The minimum atomic E-state index is -0.461. The van der Waals surface area contributed by atoms with Gasteiger partial charge in [-0.2, -0.15) is 0 Å². The van der Waals surface area contributed by atoms with Gasteiger partial charge in [0, 0.05) is 18.3 Å². The highest BCUT2D eigenvalue weighted by atomic mass is 35.5. The van der Waals surface area contributed by atoms with E-state index in [-0.39, 0.29) is 10.9 Å². The third kappa shape index (κ3) is 3.90. The molecule has 0 atom stereocenters. The Morgan fingerprint density at radius 1 is 0.955 bits per heavy atom. The monoisotopic (exact) mass is 337 g/mol. The van der Waals surface area contributed by atoms with E-state index in [1.54, 1.807) is 49.5 Å². The Labute approximate surface area is 137 Å². The van der Waals surface area contributed by atoms with E-state index in [4.69, 9.17) is 23.2 Å². The van der Waals surface area contributed by atoms with Gasteiger partial charge in [-0.15, -0.1) is 0 Å². The molecule has 2 aromatic rings. The zero-order valence-corrected chi connectivity index (χ0v) is 13.1. The Hall–Kier alpha value is -2.24. The minimum Gasteiger partial charge on any atom is -0.355 e. The molecular weight excluding hydrogens is 325 g/mol. The number of nitrogens with one attached hydrogen (secondary N) is 3. The number of carbonyl (C=O) groups excluding carboxylic acids is 2. The molecule has 22 heavy (non-hydrogen) atoms. The molecule has 0 unspecified atom stereocenters. The normalized spacial score (nSPS) is 9.95. The molecule has 0 bridgehead atoms. The molecule has 7 heteroatoms. The van der Waals surface area contributed by atoms with Crippen molar-refractivity contribution in [3.63, 3.8) is 0 Å². The molecule has 2 rings (SSSR count). The van der Waals surface area contributed by atoms with Gasteiger partial charge in [-0.1, -0.05) is 29.3 Å². The van der Waals surface area contributed by atoms with E-state index in [1.807, 2.05) is 0 Å². The first-order valence-corrected chi connectivity index (χ1v) is 7.11. The van der Waals surface area contributed by atoms with Crippen LogP contribution in [-0.2, 0) is 0 Å². The average Bonchev–Trinajstić information content (AvgIpc) is 2.52. The second-order valence-corrected chi connectivity index (χ2v) is 5.12. The van der Waals surface area contributed by atoms with Crippen LogP contribution in [0.5, 0.6) is 0 Å². The molecule has 3 amide bonds. The molecule has 0 fully saturated rings. The van der Waals surface area contributed by atoms with E-state index >= 15 is 0 Å². The molecule has 0 aliphatic heterocycles. The number of benzene rings is 2. The van der Waals surface area contributed by atoms with Gasteiger partial charge in [-0.05, 0) is 36.4 Å². The fourth-order valence-electron chi connectivity index (χ4n) is 1.73. The summed E-state index contributed by atoms with van der Waals surface area (Å²) in [5.41, 5.74) is 1.46. The van der Waals surface area contributed by atoms with E-state index in [0.717, 1.165) is 0 Å². The van der Waals surface area contributed by atoms with Gasteiger partial charge >= 0.3 is 6.03 Å². The van der Waals surface area contributed by atoms with Crippen LogP contribution >= 0.6 is 23.2 Å². The van der Waals surface area contributed by atoms with Crippen molar-refractivity contribution in [3.8, 4) is 0 Å². The first-order chi connectivity index (χ1) is 10.5. The number of hydrogen-bond donors (Lipinski definition) is 3. The van der Waals surface area contributed by atoms with Gasteiger partial charge in [0.25, 0.3) is 5.91 Å². The number of hydrogen-bond acceptors (Lipinski definition) is 2. The molecule has 0 saturated heterocycles. The van der Waals surface area contributed by atoms with Gasteiger partial charge in [0.1, 0.15) is 0 Å². The van der Waals surface area contributed by atoms with E-state index < -0.39 is 6.03 Å². The number of rotatable bonds is 3. The molecule has 0 heterocycles. The molecule has 5 nitrogen and oxygen atoms in total. The number of urea groups is 1. The second kappa shape index (κ2) is 7.15. The number of amides is 3. The van der Waals surface area contributed by atoms with Crippen LogP contribution in [0.15, 0.2) is 42.5 Å². The van der Waals surface area contributed by atoms with Crippen molar-refractivity contribution in [2.24, 2.45) is 0 Å². The van der Waals surface area contributed by atoms with Crippen LogP contribution in [0.3, 0.4) is 0 Å². The molecule has 0 aliphatic carbocycles. The van der Waals surface area contributed by atoms with Gasteiger partial charge in [0.05, 0.1) is 15.7 Å². The standard InChI is InChI=1S/C15H13Cl2N3O2/c1-18-14(21)9-5-7-10(8-6-9)19-15(22)20-12-4-2-3-11(16)13(12)17/h2-8H,1H3,(H,18,21)(H2,19,20,22). The second-order valence-electron chi connectivity index (χ2n) is 4.34. The fourth-order valence-corrected chi connectivity index (χ4v) is 2.08. The summed E-state index contributed by atoms with van der Waals surface area (Å²) in [6.45, 7) is 0. The highest BCUT2D eigenvalue weighted by molar-refractivity contribution is 6.44. The lowest BCUT2D eigenvalue weighted by molar-refractivity contribution is 0.0963. The smallest absolute Gasteiger partial charge is 0.323 e. The number of carbonyl (C=O) groups is 2. The summed E-state index contributed by atoms with van der Waals surface area (Å²) in [4.78, 5) is 23.3. The van der Waals surface area contributed by atoms with Crippen molar-refractivity contribution in [1.82, 2.24) is 5.32 Å². The van der Waals surface area contributed by atoms with E-state index in [1.165, 1.54) is 0 Å². The van der Waals surface area contributed by atoms with Crippen LogP contribution in [0.4, 0.5) is 16.2 Å². The van der Waals surface area contributed by atoms with Crippen molar-refractivity contribution in [2.45, 2.75) is 0 Å². The van der Waals surface area contributed by atoms with Gasteiger partial charge < -0.3 is 16.0 Å². The summed E-state index contributed by atoms with van der Waals surface area (Å²) in [5.74, 6) is -0.193. The summed E-state index contributed by atoms with van der Waals surface area (Å²) >= 11 is 11.9. The Bertz CT molecular complexity index is 702. The summed E-state index contributed by atoms with van der Waals surface area (Å²) in [7, 11) is 1.55. The zero-order chi connectivity index (χ0) is 16.1. The predicted molar refractivity (Wildman–Crippen MR) is 88.9 cm³/mol. The number of anilines is 2. The van der Waals surface area contributed by atoms with Crippen molar-refractivity contribution < 1.29 is 9.59 Å². The van der Waals surface area contributed by atoms with Crippen LogP contribution in [0.1, 0.15) is 10.4 Å². The lowest BCUT2D eigenvalue weighted by Gasteiger charge is -2.10. The Kier molecular flexibility index (Phi) is 5.25. The maximum absolute atomic E-state index is 11.9. The Morgan fingerprint density at radius 2 is 1.64 bits per heavy atom. The Balaban J connectivity index is 2.03. The van der Waals surface area contributed by atoms with Crippen LogP contribution in [-0.4, -0.2) is 19.0 Å². The lowest BCUT2D eigenvalue weighted by atomic mass is 10.2. The average molecular weight is 338 g/mol. The summed E-state index contributed by atoms with van der Waals surface area (Å²) < 4.78 is 0.